The predicted molar refractivity (Wildman–Crippen MR) is 118 cm³/mol. The first-order valence-corrected chi connectivity index (χ1v) is 10.8. The van der Waals surface area contributed by atoms with Gasteiger partial charge in [0.15, 0.2) is 0 Å². The van der Waals surface area contributed by atoms with Crippen molar-refractivity contribution in [1.82, 2.24) is 10.2 Å². The van der Waals surface area contributed by atoms with Crippen LogP contribution in [0.1, 0.15) is 24.0 Å². The Hall–Kier alpha value is -2.31. The Labute approximate surface area is 177 Å². The van der Waals surface area contributed by atoms with Crippen molar-refractivity contribution in [3.63, 3.8) is 0 Å². The highest BCUT2D eigenvalue weighted by Gasteiger charge is 2.25. The van der Waals surface area contributed by atoms with Crippen LogP contribution in [0.2, 0.25) is 0 Å². The zero-order chi connectivity index (χ0) is 20.8. The standard InChI is InChI=1S/C23H29N3O2S/c1-16-4-5-17(2)21(14-16)29-20-8-6-19(7-9-20)25-22(27)15-26-12-10-18(11-13-26)23(28)24-3/h4-9,14,18H,10-13,15H2,1-3H3,(H,24,28)(H,25,27). The van der Waals surface area contributed by atoms with Gasteiger partial charge in [0.2, 0.25) is 11.8 Å². The van der Waals surface area contributed by atoms with E-state index in [0.717, 1.165) is 36.5 Å². The molecule has 29 heavy (non-hydrogen) atoms. The van der Waals surface area contributed by atoms with Gasteiger partial charge >= 0.3 is 0 Å². The minimum absolute atomic E-state index is 0.0154. The molecule has 0 radical (unpaired) electrons. The lowest BCUT2D eigenvalue weighted by Crippen LogP contribution is -2.42. The number of rotatable bonds is 6. The van der Waals surface area contributed by atoms with E-state index < -0.39 is 0 Å². The molecule has 3 rings (SSSR count). The van der Waals surface area contributed by atoms with Crippen LogP contribution < -0.4 is 10.6 Å². The number of carbonyl (C=O) groups excluding carboxylic acids is 2. The average molecular weight is 412 g/mol. The molecule has 2 amide bonds. The SMILES string of the molecule is CNC(=O)C1CCN(CC(=O)Nc2ccc(Sc3cc(C)ccc3C)cc2)CC1. The summed E-state index contributed by atoms with van der Waals surface area (Å²) in [5.74, 6) is 0.160. The minimum Gasteiger partial charge on any atom is -0.359 e. The highest BCUT2D eigenvalue weighted by atomic mass is 32.2. The number of anilines is 1. The van der Waals surface area contributed by atoms with Gasteiger partial charge in [0.1, 0.15) is 0 Å². The van der Waals surface area contributed by atoms with E-state index in [1.807, 2.05) is 24.3 Å². The van der Waals surface area contributed by atoms with Crippen molar-refractivity contribution in [1.29, 1.82) is 0 Å². The molecular formula is C23H29N3O2S. The summed E-state index contributed by atoms with van der Waals surface area (Å²) in [6.45, 7) is 6.13. The van der Waals surface area contributed by atoms with Crippen molar-refractivity contribution in [3.8, 4) is 0 Å². The van der Waals surface area contributed by atoms with Crippen LogP contribution in [0.15, 0.2) is 52.3 Å². The molecule has 2 N–H and O–H groups in total. The van der Waals surface area contributed by atoms with E-state index in [-0.39, 0.29) is 17.7 Å². The van der Waals surface area contributed by atoms with Gasteiger partial charge in [-0.05, 0) is 81.2 Å². The topological polar surface area (TPSA) is 61.4 Å². The lowest BCUT2D eigenvalue weighted by atomic mass is 9.96. The number of hydrogen-bond acceptors (Lipinski definition) is 4. The monoisotopic (exact) mass is 411 g/mol. The molecule has 1 fully saturated rings. The molecular weight excluding hydrogens is 382 g/mol. The molecule has 154 valence electrons. The fourth-order valence-electron chi connectivity index (χ4n) is 3.51. The molecule has 1 aliphatic rings. The Morgan fingerprint density at radius 2 is 1.76 bits per heavy atom. The summed E-state index contributed by atoms with van der Waals surface area (Å²) in [6, 6.07) is 14.4. The van der Waals surface area contributed by atoms with E-state index in [9.17, 15) is 9.59 Å². The second kappa shape index (κ2) is 9.94. The first-order valence-electron chi connectivity index (χ1n) is 10.0. The number of nitrogens with zero attached hydrogens (tertiary/aromatic N) is 1. The Morgan fingerprint density at radius 1 is 1.07 bits per heavy atom. The maximum atomic E-state index is 12.4. The van der Waals surface area contributed by atoms with E-state index in [1.165, 1.54) is 16.0 Å². The van der Waals surface area contributed by atoms with Crippen molar-refractivity contribution in [2.75, 3.05) is 32.0 Å². The number of benzene rings is 2. The maximum Gasteiger partial charge on any atom is 0.238 e. The van der Waals surface area contributed by atoms with Crippen LogP contribution in [0, 0.1) is 19.8 Å². The van der Waals surface area contributed by atoms with E-state index >= 15 is 0 Å². The minimum atomic E-state index is -0.0154. The smallest absolute Gasteiger partial charge is 0.238 e. The van der Waals surface area contributed by atoms with E-state index in [4.69, 9.17) is 0 Å². The number of carbonyl (C=O) groups is 2. The summed E-state index contributed by atoms with van der Waals surface area (Å²) in [6.07, 6.45) is 1.61. The molecule has 1 heterocycles. The van der Waals surface area contributed by atoms with Gasteiger partial charge in [-0.25, -0.2) is 0 Å². The molecule has 2 aromatic rings. The molecule has 0 saturated carbocycles. The summed E-state index contributed by atoms with van der Waals surface area (Å²) in [7, 11) is 1.67. The van der Waals surface area contributed by atoms with Crippen molar-refractivity contribution in [3.05, 3.63) is 53.6 Å². The molecule has 0 bridgehead atoms. The molecule has 1 saturated heterocycles. The third-order valence-corrected chi connectivity index (χ3v) is 6.45. The summed E-state index contributed by atoms with van der Waals surface area (Å²) < 4.78 is 0. The fraction of sp³-hybridized carbons (Fsp3) is 0.391. The van der Waals surface area contributed by atoms with Gasteiger partial charge in [0, 0.05) is 28.4 Å². The number of amides is 2. The van der Waals surface area contributed by atoms with E-state index in [1.54, 1.807) is 18.8 Å². The number of likely N-dealkylation sites (tertiary alicyclic amines) is 1. The second-order valence-corrected chi connectivity index (χ2v) is 8.72. The van der Waals surface area contributed by atoms with Gasteiger partial charge in [-0.2, -0.15) is 0 Å². The third-order valence-electron chi connectivity index (χ3n) is 5.28. The average Bonchev–Trinajstić information content (AvgIpc) is 2.72. The Kier molecular flexibility index (Phi) is 7.34. The van der Waals surface area contributed by atoms with Crippen LogP contribution in [0.3, 0.4) is 0 Å². The third kappa shape index (κ3) is 6.08. The van der Waals surface area contributed by atoms with Crippen LogP contribution in [-0.4, -0.2) is 43.4 Å². The Bertz CT molecular complexity index is 859. The first-order chi connectivity index (χ1) is 13.9. The lowest BCUT2D eigenvalue weighted by Gasteiger charge is -2.30. The van der Waals surface area contributed by atoms with E-state index in [0.29, 0.717) is 6.54 Å². The number of aryl methyl sites for hydroxylation is 2. The first kappa shape index (κ1) is 21.4. The maximum absolute atomic E-state index is 12.4. The summed E-state index contributed by atoms with van der Waals surface area (Å²) in [4.78, 5) is 28.6. The molecule has 0 aromatic heterocycles. The van der Waals surface area contributed by atoms with Crippen molar-refractivity contribution in [2.24, 2.45) is 5.92 Å². The second-order valence-electron chi connectivity index (χ2n) is 7.61. The van der Waals surface area contributed by atoms with Gasteiger partial charge in [0.25, 0.3) is 0 Å². The van der Waals surface area contributed by atoms with Gasteiger partial charge in [-0.15, -0.1) is 0 Å². The fourth-order valence-corrected chi connectivity index (χ4v) is 4.51. The van der Waals surface area contributed by atoms with Crippen molar-refractivity contribution >= 4 is 29.3 Å². The molecule has 2 aromatic carbocycles. The zero-order valence-electron chi connectivity index (χ0n) is 17.3. The largest absolute Gasteiger partial charge is 0.359 e. The highest BCUT2D eigenvalue weighted by molar-refractivity contribution is 7.99. The number of hydrogen-bond donors (Lipinski definition) is 2. The van der Waals surface area contributed by atoms with Gasteiger partial charge in [-0.1, -0.05) is 23.9 Å². The predicted octanol–water partition coefficient (Wildman–Crippen LogP) is 3.85. The summed E-state index contributed by atoms with van der Waals surface area (Å²) >= 11 is 1.74. The molecule has 6 heteroatoms. The molecule has 0 spiro atoms. The summed E-state index contributed by atoms with van der Waals surface area (Å²) in [5.41, 5.74) is 3.32. The zero-order valence-corrected chi connectivity index (χ0v) is 18.1. The van der Waals surface area contributed by atoms with Crippen LogP contribution >= 0.6 is 11.8 Å². The molecule has 0 aliphatic carbocycles. The Morgan fingerprint density at radius 3 is 2.41 bits per heavy atom. The molecule has 1 aliphatic heterocycles. The lowest BCUT2D eigenvalue weighted by molar-refractivity contribution is -0.126. The molecule has 0 unspecified atom stereocenters. The number of piperidine rings is 1. The van der Waals surface area contributed by atoms with Gasteiger partial charge in [0.05, 0.1) is 6.54 Å². The van der Waals surface area contributed by atoms with Crippen LogP contribution in [0.4, 0.5) is 5.69 Å². The van der Waals surface area contributed by atoms with Crippen LogP contribution in [-0.2, 0) is 9.59 Å². The summed E-state index contributed by atoms with van der Waals surface area (Å²) in [5, 5.41) is 5.69. The molecule has 5 nitrogen and oxygen atoms in total. The normalized spacial score (nSPS) is 15.1. The van der Waals surface area contributed by atoms with E-state index in [2.05, 4.69) is 47.6 Å². The number of nitrogens with one attached hydrogen (secondary N) is 2. The van der Waals surface area contributed by atoms with Crippen LogP contribution in [0.25, 0.3) is 0 Å². The van der Waals surface area contributed by atoms with Gasteiger partial charge in [-0.3, -0.25) is 14.5 Å². The van der Waals surface area contributed by atoms with Crippen molar-refractivity contribution < 1.29 is 9.59 Å². The Balaban J connectivity index is 1.49. The van der Waals surface area contributed by atoms with Gasteiger partial charge < -0.3 is 10.6 Å². The van der Waals surface area contributed by atoms with Crippen molar-refractivity contribution in [2.45, 2.75) is 36.5 Å². The van der Waals surface area contributed by atoms with Crippen LogP contribution in [0.5, 0.6) is 0 Å². The molecule has 0 atom stereocenters. The quantitative estimate of drug-likeness (QED) is 0.758. The highest BCUT2D eigenvalue weighted by Crippen LogP contribution is 2.31.